The second kappa shape index (κ2) is 6.30. The zero-order valence-electron chi connectivity index (χ0n) is 12.2. The number of carbonyl (C=O) groups excluding carboxylic acids is 1. The number of carboxylic acids is 1. The second-order valence-electron chi connectivity index (χ2n) is 5.75. The van der Waals surface area contributed by atoms with Gasteiger partial charge in [-0.05, 0) is 6.92 Å². The minimum Gasteiger partial charge on any atom is -0.481 e. The summed E-state index contributed by atoms with van der Waals surface area (Å²) in [6, 6.07) is -0.152. The molecule has 1 aromatic rings. The Balaban J connectivity index is 3.15. The van der Waals surface area contributed by atoms with Gasteiger partial charge in [0.25, 0.3) is 0 Å². The Morgan fingerprint density at radius 1 is 1.50 bits per heavy atom. The van der Waals surface area contributed by atoms with Crippen LogP contribution < -0.4 is 5.73 Å². The first-order valence-corrected chi connectivity index (χ1v) is 7.32. The van der Waals surface area contributed by atoms with Crippen LogP contribution in [0.4, 0.5) is 0 Å². The van der Waals surface area contributed by atoms with E-state index in [2.05, 4.69) is 4.98 Å². The topological polar surface area (TPSA) is 98.2 Å². The lowest BCUT2D eigenvalue weighted by Crippen LogP contribution is -2.24. The SMILES string of the molecule is CC(CC(N)=O)n1c(C(C)(C)C)cnc1SCC(=O)O. The standard InChI is InChI=1S/C13H21N3O3S/c1-8(5-10(14)17)16-9(13(2,3)4)6-15-12(16)20-7-11(18)19/h6,8H,5,7H2,1-4H3,(H2,14,17)(H,18,19). The Labute approximate surface area is 122 Å². The van der Waals surface area contributed by atoms with Crippen LogP contribution in [0, 0.1) is 0 Å². The van der Waals surface area contributed by atoms with Crippen LogP contribution in [-0.4, -0.2) is 32.3 Å². The van der Waals surface area contributed by atoms with E-state index < -0.39 is 5.97 Å². The number of carboxylic acid groups (broad SMARTS) is 1. The van der Waals surface area contributed by atoms with E-state index >= 15 is 0 Å². The zero-order chi connectivity index (χ0) is 15.5. The van der Waals surface area contributed by atoms with Crippen molar-refractivity contribution < 1.29 is 14.7 Å². The van der Waals surface area contributed by atoms with Gasteiger partial charge in [-0.1, -0.05) is 32.5 Å². The number of imidazole rings is 1. The Hall–Kier alpha value is -1.50. The first kappa shape index (κ1) is 16.6. The number of carbonyl (C=O) groups is 2. The van der Waals surface area contributed by atoms with E-state index in [0.717, 1.165) is 17.5 Å². The maximum Gasteiger partial charge on any atom is 0.313 e. The highest BCUT2D eigenvalue weighted by molar-refractivity contribution is 7.99. The molecule has 0 saturated heterocycles. The summed E-state index contributed by atoms with van der Waals surface area (Å²) in [5.41, 5.74) is 6.06. The normalized spacial score (nSPS) is 13.2. The molecule has 3 N–H and O–H groups in total. The maximum absolute atomic E-state index is 11.1. The van der Waals surface area contributed by atoms with Crippen LogP contribution in [0.15, 0.2) is 11.4 Å². The molecular weight excluding hydrogens is 278 g/mol. The lowest BCUT2D eigenvalue weighted by atomic mass is 9.92. The van der Waals surface area contributed by atoms with E-state index in [0.29, 0.717) is 5.16 Å². The Morgan fingerprint density at radius 2 is 2.10 bits per heavy atom. The van der Waals surface area contributed by atoms with Crippen molar-refractivity contribution in [1.29, 1.82) is 0 Å². The highest BCUT2D eigenvalue weighted by atomic mass is 32.2. The van der Waals surface area contributed by atoms with Crippen LogP contribution in [0.1, 0.15) is 45.9 Å². The van der Waals surface area contributed by atoms with Gasteiger partial charge in [0.15, 0.2) is 5.16 Å². The third-order valence-corrected chi connectivity index (χ3v) is 3.75. The molecule has 0 radical (unpaired) electrons. The molecule has 1 heterocycles. The number of thioether (sulfide) groups is 1. The maximum atomic E-state index is 11.1. The molecule has 0 saturated carbocycles. The summed E-state index contributed by atoms with van der Waals surface area (Å²) in [5, 5.41) is 9.39. The molecule has 6 nitrogen and oxygen atoms in total. The van der Waals surface area contributed by atoms with E-state index in [-0.39, 0.29) is 29.5 Å². The summed E-state index contributed by atoms with van der Waals surface area (Å²) < 4.78 is 1.92. The van der Waals surface area contributed by atoms with Crippen molar-refractivity contribution in [3.63, 3.8) is 0 Å². The van der Waals surface area contributed by atoms with Crippen LogP contribution in [0.5, 0.6) is 0 Å². The molecule has 0 fully saturated rings. The molecule has 0 bridgehead atoms. The quantitative estimate of drug-likeness (QED) is 0.780. The number of nitrogens with two attached hydrogens (primary N) is 1. The average Bonchev–Trinajstić information content (AvgIpc) is 2.68. The first-order valence-electron chi connectivity index (χ1n) is 6.33. The molecule has 0 aromatic carbocycles. The minimum absolute atomic E-state index is 0.0656. The van der Waals surface area contributed by atoms with Crippen molar-refractivity contribution in [2.24, 2.45) is 5.73 Å². The van der Waals surface area contributed by atoms with Crippen molar-refractivity contribution >= 4 is 23.6 Å². The Kier molecular flexibility index (Phi) is 5.21. The van der Waals surface area contributed by atoms with Crippen LogP contribution in [0.25, 0.3) is 0 Å². The van der Waals surface area contributed by atoms with Gasteiger partial charge in [-0.2, -0.15) is 0 Å². The molecule has 0 spiro atoms. The van der Waals surface area contributed by atoms with Crippen LogP contribution in [0.3, 0.4) is 0 Å². The molecule has 0 aliphatic heterocycles. The van der Waals surface area contributed by atoms with Crippen LogP contribution in [-0.2, 0) is 15.0 Å². The molecule has 1 rings (SSSR count). The highest BCUT2D eigenvalue weighted by Gasteiger charge is 2.25. The zero-order valence-corrected chi connectivity index (χ0v) is 13.0. The Bertz CT molecular complexity index is 505. The molecule has 7 heteroatoms. The van der Waals surface area contributed by atoms with Gasteiger partial charge in [0.2, 0.25) is 5.91 Å². The third-order valence-electron chi connectivity index (χ3n) is 2.79. The van der Waals surface area contributed by atoms with Crippen LogP contribution >= 0.6 is 11.8 Å². The van der Waals surface area contributed by atoms with Gasteiger partial charge < -0.3 is 15.4 Å². The monoisotopic (exact) mass is 299 g/mol. The highest BCUT2D eigenvalue weighted by Crippen LogP contribution is 2.31. The number of primary amides is 1. The van der Waals surface area contributed by atoms with Gasteiger partial charge in [-0.3, -0.25) is 9.59 Å². The summed E-state index contributed by atoms with van der Waals surface area (Å²) in [7, 11) is 0. The van der Waals surface area contributed by atoms with Crippen molar-refractivity contribution in [3.05, 3.63) is 11.9 Å². The number of aromatic nitrogens is 2. The predicted molar refractivity (Wildman–Crippen MR) is 77.8 cm³/mol. The third kappa shape index (κ3) is 4.26. The number of nitrogens with zero attached hydrogens (tertiary/aromatic N) is 2. The fourth-order valence-corrected chi connectivity index (χ4v) is 2.74. The lowest BCUT2D eigenvalue weighted by molar-refractivity contribution is -0.134. The second-order valence-corrected chi connectivity index (χ2v) is 6.69. The van der Waals surface area contributed by atoms with Gasteiger partial charge in [-0.15, -0.1) is 0 Å². The largest absolute Gasteiger partial charge is 0.481 e. The van der Waals surface area contributed by atoms with E-state index in [1.807, 2.05) is 32.3 Å². The van der Waals surface area contributed by atoms with E-state index in [9.17, 15) is 9.59 Å². The molecule has 1 aromatic heterocycles. The summed E-state index contributed by atoms with van der Waals surface area (Å²) >= 11 is 1.15. The van der Waals surface area contributed by atoms with E-state index in [1.165, 1.54) is 0 Å². The van der Waals surface area contributed by atoms with Gasteiger partial charge in [0.05, 0.1) is 5.75 Å². The van der Waals surface area contributed by atoms with Crippen molar-refractivity contribution in [3.8, 4) is 0 Å². The number of aliphatic carboxylic acids is 1. The number of hydrogen-bond donors (Lipinski definition) is 2. The molecule has 1 amide bonds. The van der Waals surface area contributed by atoms with Crippen LogP contribution in [0.2, 0.25) is 0 Å². The number of rotatable bonds is 6. The predicted octanol–water partition coefficient (Wildman–Crippen LogP) is 1.79. The summed E-state index contributed by atoms with van der Waals surface area (Å²) in [5.74, 6) is -1.35. The van der Waals surface area contributed by atoms with Gasteiger partial charge in [-0.25, -0.2) is 4.98 Å². The van der Waals surface area contributed by atoms with Gasteiger partial charge in [0, 0.05) is 29.8 Å². The van der Waals surface area contributed by atoms with Gasteiger partial charge in [0.1, 0.15) is 0 Å². The van der Waals surface area contributed by atoms with Gasteiger partial charge >= 0.3 is 5.97 Å². The summed E-state index contributed by atoms with van der Waals surface area (Å²) in [6.45, 7) is 8.02. The smallest absolute Gasteiger partial charge is 0.313 e. The van der Waals surface area contributed by atoms with E-state index in [4.69, 9.17) is 10.8 Å². The number of amides is 1. The molecule has 1 atom stereocenters. The minimum atomic E-state index is -0.899. The molecule has 0 aliphatic rings. The summed E-state index contributed by atoms with van der Waals surface area (Å²) in [6.07, 6.45) is 1.93. The molecular formula is C13H21N3O3S. The van der Waals surface area contributed by atoms with Crippen molar-refractivity contribution in [2.45, 2.75) is 50.7 Å². The van der Waals surface area contributed by atoms with Crippen molar-refractivity contribution in [2.75, 3.05) is 5.75 Å². The fourth-order valence-electron chi connectivity index (χ4n) is 1.94. The molecule has 20 heavy (non-hydrogen) atoms. The Morgan fingerprint density at radius 3 is 2.55 bits per heavy atom. The lowest BCUT2D eigenvalue weighted by Gasteiger charge is -2.25. The first-order chi connectivity index (χ1) is 9.12. The molecule has 112 valence electrons. The molecule has 1 unspecified atom stereocenters. The van der Waals surface area contributed by atoms with Crippen molar-refractivity contribution in [1.82, 2.24) is 9.55 Å². The fraction of sp³-hybridized carbons (Fsp3) is 0.615. The van der Waals surface area contributed by atoms with E-state index in [1.54, 1.807) is 6.20 Å². The average molecular weight is 299 g/mol. The molecule has 0 aliphatic carbocycles. The number of hydrogen-bond acceptors (Lipinski definition) is 4. The summed E-state index contributed by atoms with van der Waals surface area (Å²) in [4.78, 5) is 26.1.